The number of amides is 1. The van der Waals surface area contributed by atoms with Crippen LogP contribution in [-0.4, -0.2) is 44.5 Å². The molecular weight excluding hydrogens is 406 g/mol. The summed E-state index contributed by atoms with van der Waals surface area (Å²) >= 11 is 0. The van der Waals surface area contributed by atoms with Crippen molar-refractivity contribution in [3.63, 3.8) is 0 Å². The minimum atomic E-state index is -0.994. The van der Waals surface area contributed by atoms with E-state index in [2.05, 4.69) is 5.32 Å². The summed E-state index contributed by atoms with van der Waals surface area (Å²) in [6, 6.07) is 24.7. The third-order valence-corrected chi connectivity index (χ3v) is 5.30. The third-order valence-electron chi connectivity index (χ3n) is 5.30. The predicted octanol–water partition coefficient (Wildman–Crippen LogP) is 3.51. The van der Waals surface area contributed by atoms with Crippen molar-refractivity contribution in [3.8, 4) is 11.5 Å². The number of hydrogen-bond donors (Lipinski definition) is 2. The Hall–Kier alpha value is -3.35. The highest BCUT2D eigenvalue weighted by Gasteiger charge is 2.38. The van der Waals surface area contributed by atoms with Crippen molar-refractivity contribution in [3.05, 3.63) is 95.6 Å². The van der Waals surface area contributed by atoms with Gasteiger partial charge in [0.25, 0.3) is 0 Å². The lowest BCUT2D eigenvalue weighted by Crippen LogP contribution is -2.43. The van der Waals surface area contributed by atoms with Crippen LogP contribution in [0.5, 0.6) is 11.5 Å². The molecule has 0 saturated carbocycles. The Balaban J connectivity index is 2.17. The number of rotatable bonds is 10. The zero-order valence-corrected chi connectivity index (χ0v) is 18.6. The highest BCUT2D eigenvalue weighted by Crippen LogP contribution is 2.41. The largest absolute Gasteiger partial charge is 0.497 e. The lowest BCUT2D eigenvalue weighted by molar-refractivity contribution is -0.121. The number of methoxy groups -OCH3 is 2. The lowest BCUT2D eigenvalue weighted by Gasteiger charge is -2.37. The molecular formula is C26H29NO5. The SMILES string of the molecule is COc1ccc(C(OC[C@@H](CO)NC(C)=O)(c2ccccc2)c2ccc(OC)cc2)cc1. The number of aliphatic hydroxyl groups excluding tert-OH is 1. The van der Waals surface area contributed by atoms with E-state index in [0.29, 0.717) is 0 Å². The summed E-state index contributed by atoms with van der Waals surface area (Å²) in [5.41, 5.74) is 1.68. The third kappa shape index (κ3) is 5.10. The van der Waals surface area contributed by atoms with E-state index < -0.39 is 11.6 Å². The summed E-state index contributed by atoms with van der Waals surface area (Å²) in [4.78, 5) is 11.6. The molecule has 0 spiro atoms. The van der Waals surface area contributed by atoms with Crippen molar-refractivity contribution in [2.45, 2.75) is 18.6 Å². The van der Waals surface area contributed by atoms with Crippen LogP contribution in [0, 0.1) is 0 Å². The van der Waals surface area contributed by atoms with E-state index in [1.54, 1.807) is 14.2 Å². The Kier molecular flexibility index (Phi) is 7.87. The molecule has 1 atom stereocenters. The summed E-state index contributed by atoms with van der Waals surface area (Å²) in [5, 5.41) is 12.5. The zero-order valence-electron chi connectivity index (χ0n) is 18.6. The first kappa shape index (κ1) is 23.3. The van der Waals surface area contributed by atoms with E-state index in [9.17, 15) is 9.90 Å². The van der Waals surface area contributed by atoms with E-state index in [0.717, 1.165) is 28.2 Å². The van der Waals surface area contributed by atoms with E-state index in [1.807, 2.05) is 78.9 Å². The van der Waals surface area contributed by atoms with Gasteiger partial charge in [0.2, 0.25) is 5.91 Å². The number of carbonyl (C=O) groups is 1. The minimum absolute atomic E-state index is 0.100. The fourth-order valence-electron chi connectivity index (χ4n) is 3.73. The zero-order chi connectivity index (χ0) is 23.0. The molecule has 168 valence electrons. The first-order chi connectivity index (χ1) is 15.5. The fraction of sp³-hybridized carbons (Fsp3) is 0.269. The van der Waals surface area contributed by atoms with Gasteiger partial charge in [-0.05, 0) is 41.0 Å². The standard InChI is InChI=1S/C26H29NO5/c1-19(29)27-23(17-28)18-32-26(20-7-5-4-6-8-20,21-9-13-24(30-2)14-10-21)22-11-15-25(31-3)16-12-22/h4-16,23,28H,17-18H2,1-3H3,(H,27,29)/t23-/m1/s1. The molecule has 3 aromatic rings. The molecule has 0 unspecified atom stereocenters. The number of hydrogen-bond acceptors (Lipinski definition) is 5. The van der Waals surface area contributed by atoms with Crippen molar-refractivity contribution in [1.82, 2.24) is 5.32 Å². The monoisotopic (exact) mass is 435 g/mol. The van der Waals surface area contributed by atoms with Gasteiger partial charge in [-0.15, -0.1) is 0 Å². The average Bonchev–Trinajstić information content (AvgIpc) is 2.84. The topological polar surface area (TPSA) is 77.0 Å². The maximum Gasteiger partial charge on any atom is 0.217 e. The van der Waals surface area contributed by atoms with Gasteiger partial charge in [0.1, 0.15) is 17.1 Å². The minimum Gasteiger partial charge on any atom is -0.497 e. The van der Waals surface area contributed by atoms with Gasteiger partial charge in [0.15, 0.2) is 0 Å². The maximum absolute atomic E-state index is 11.6. The van der Waals surface area contributed by atoms with E-state index in [1.165, 1.54) is 6.92 Å². The van der Waals surface area contributed by atoms with Crippen LogP contribution >= 0.6 is 0 Å². The second-order valence-corrected chi connectivity index (χ2v) is 7.40. The lowest BCUT2D eigenvalue weighted by atomic mass is 9.80. The van der Waals surface area contributed by atoms with Crippen molar-refractivity contribution < 1.29 is 24.1 Å². The van der Waals surface area contributed by atoms with Crippen LogP contribution in [0.4, 0.5) is 0 Å². The van der Waals surface area contributed by atoms with Crippen molar-refractivity contribution in [2.75, 3.05) is 27.4 Å². The normalized spacial score (nSPS) is 12.1. The van der Waals surface area contributed by atoms with Crippen LogP contribution in [0.3, 0.4) is 0 Å². The van der Waals surface area contributed by atoms with Gasteiger partial charge in [-0.25, -0.2) is 0 Å². The van der Waals surface area contributed by atoms with Crippen LogP contribution in [0.2, 0.25) is 0 Å². The highest BCUT2D eigenvalue weighted by atomic mass is 16.5. The molecule has 0 radical (unpaired) electrons. The number of benzene rings is 3. The van der Waals surface area contributed by atoms with Gasteiger partial charge in [0.05, 0.1) is 33.5 Å². The van der Waals surface area contributed by atoms with Gasteiger partial charge in [0, 0.05) is 6.92 Å². The maximum atomic E-state index is 11.6. The van der Waals surface area contributed by atoms with E-state index in [-0.39, 0.29) is 19.1 Å². The first-order valence-corrected chi connectivity index (χ1v) is 10.4. The summed E-state index contributed by atoms with van der Waals surface area (Å²) in [6.45, 7) is 1.28. The molecule has 0 bridgehead atoms. The molecule has 3 rings (SSSR count). The molecule has 3 aromatic carbocycles. The molecule has 0 aliphatic rings. The molecule has 0 heterocycles. The summed E-state index contributed by atoms with van der Waals surface area (Å²) in [6.07, 6.45) is 0. The average molecular weight is 436 g/mol. The molecule has 2 N–H and O–H groups in total. The van der Waals surface area contributed by atoms with E-state index in [4.69, 9.17) is 14.2 Å². The number of carbonyl (C=O) groups excluding carboxylic acids is 1. The Morgan fingerprint density at radius 3 is 1.72 bits per heavy atom. The number of ether oxygens (including phenoxy) is 3. The van der Waals surface area contributed by atoms with Crippen molar-refractivity contribution in [2.24, 2.45) is 0 Å². The van der Waals surface area contributed by atoms with Gasteiger partial charge >= 0.3 is 0 Å². The fourth-order valence-corrected chi connectivity index (χ4v) is 3.73. The van der Waals surface area contributed by atoms with Crippen LogP contribution in [0.15, 0.2) is 78.9 Å². The molecule has 0 aromatic heterocycles. The van der Waals surface area contributed by atoms with E-state index >= 15 is 0 Å². The molecule has 0 aliphatic carbocycles. The highest BCUT2D eigenvalue weighted by molar-refractivity contribution is 5.73. The molecule has 32 heavy (non-hydrogen) atoms. The van der Waals surface area contributed by atoms with Crippen LogP contribution < -0.4 is 14.8 Å². The Labute approximate surface area is 188 Å². The number of nitrogens with one attached hydrogen (secondary N) is 1. The van der Waals surface area contributed by atoms with Gasteiger partial charge < -0.3 is 24.6 Å². The summed E-state index contributed by atoms with van der Waals surface area (Å²) in [5.74, 6) is 1.24. The predicted molar refractivity (Wildman–Crippen MR) is 123 cm³/mol. The Bertz CT molecular complexity index is 939. The Morgan fingerprint density at radius 1 is 0.844 bits per heavy atom. The molecule has 1 amide bonds. The van der Waals surface area contributed by atoms with Gasteiger partial charge in [-0.1, -0.05) is 54.6 Å². The van der Waals surface area contributed by atoms with Crippen LogP contribution in [-0.2, 0) is 15.1 Å². The van der Waals surface area contributed by atoms with Crippen molar-refractivity contribution in [1.29, 1.82) is 0 Å². The van der Waals surface area contributed by atoms with Crippen LogP contribution in [0.25, 0.3) is 0 Å². The molecule has 6 nitrogen and oxygen atoms in total. The molecule has 0 fully saturated rings. The van der Waals surface area contributed by atoms with Crippen molar-refractivity contribution >= 4 is 5.91 Å². The summed E-state index contributed by atoms with van der Waals surface area (Å²) < 4.78 is 17.3. The van der Waals surface area contributed by atoms with Gasteiger partial charge in [-0.3, -0.25) is 4.79 Å². The second-order valence-electron chi connectivity index (χ2n) is 7.40. The quantitative estimate of drug-likeness (QED) is 0.477. The first-order valence-electron chi connectivity index (χ1n) is 10.4. The second kappa shape index (κ2) is 10.8. The van der Waals surface area contributed by atoms with Gasteiger partial charge in [-0.2, -0.15) is 0 Å². The molecule has 6 heteroatoms. The van der Waals surface area contributed by atoms with Crippen LogP contribution in [0.1, 0.15) is 23.6 Å². The molecule has 0 aliphatic heterocycles. The number of aliphatic hydroxyl groups is 1. The Morgan fingerprint density at radius 2 is 1.31 bits per heavy atom. The smallest absolute Gasteiger partial charge is 0.217 e. The summed E-state index contributed by atoms with van der Waals surface area (Å²) in [7, 11) is 3.25. The molecule has 0 saturated heterocycles.